The van der Waals surface area contributed by atoms with E-state index in [1.165, 1.54) is 0 Å². The topological polar surface area (TPSA) is 49.7 Å². The van der Waals surface area contributed by atoms with Crippen molar-refractivity contribution in [2.24, 2.45) is 0 Å². The Hall–Kier alpha value is -1.91. The predicted octanol–water partition coefficient (Wildman–Crippen LogP) is 2.55. The van der Waals surface area contributed by atoms with Crippen molar-refractivity contribution in [2.45, 2.75) is 17.9 Å². The monoisotopic (exact) mass is 274 g/mol. The molecule has 20 heavy (non-hydrogen) atoms. The van der Waals surface area contributed by atoms with Gasteiger partial charge in [-0.1, -0.05) is 48.5 Å². The molecule has 1 aliphatic rings. The molecule has 3 atom stereocenters. The van der Waals surface area contributed by atoms with E-state index in [9.17, 15) is 10.2 Å². The molecule has 2 aromatic rings. The first kappa shape index (κ1) is 13.1. The van der Waals surface area contributed by atoms with E-state index in [1.54, 1.807) is 54.6 Å². The number of rotatable bonds is 2. The first-order valence-corrected chi connectivity index (χ1v) is 6.44. The summed E-state index contributed by atoms with van der Waals surface area (Å²) < 4.78 is 20.5. The van der Waals surface area contributed by atoms with E-state index >= 15 is 4.39 Å². The van der Waals surface area contributed by atoms with E-state index in [0.29, 0.717) is 16.9 Å². The highest BCUT2D eigenvalue weighted by atomic mass is 19.1. The van der Waals surface area contributed by atoms with Crippen LogP contribution < -0.4 is 4.74 Å². The van der Waals surface area contributed by atoms with Gasteiger partial charge in [0.15, 0.2) is 0 Å². The van der Waals surface area contributed by atoms with E-state index in [2.05, 4.69) is 0 Å². The molecule has 0 bridgehead atoms. The summed E-state index contributed by atoms with van der Waals surface area (Å²) in [5.41, 5.74) is -1.50. The van der Waals surface area contributed by atoms with E-state index in [4.69, 9.17) is 4.74 Å². The molecule has 0 aromatic heterocycles. The van der Waals surface area contributed by atoms with Gasteiger partial charge in [0, 0.05) is 5.56 Å². The quantitative estimate of drug-likeness (QED) is 0.885. The minimum atomic E-state index is -2.27. The zero-order valence-corrected chi connectivity index (χ0v) is 10.7. The molecule has 3 rings (SSSR count). The van der Waals surface area contributed by atoms with Gasteiger partial charge in [-0.3, -0.25) is 0 Å². The number of aliphatic hydroxyl groups excluding tert-OH is 2. The fraction of sp³-hybridized carbons (Fsp3) is 0.250. The minimum absolute atomic E-state index is 0.358. The van der Waals surface area contributed by atoms with E-state index in [1.807, 2.05) is 0 Å². The Balaban J connectivity index is 1.98. The van der Waals surface area contributed by atoms with Crippen LogP contribution in [0.1, 0.15) is 23.3 Å². The van der Waals surface area contributed by atoms with Crippen LogP contribution in [0.15, 0.2) is 54.6 Å². The van der Waals surface area contributed by atoms with Gasteiger partial charge < -0.3 is 14.9 Å². The zero-order chi connectivity index (χ0) is 14.2. The summed E-state index contributed by atoms with van der Waals surface area (Å²) in [5.74, 6) is 0.452. The van der Waals surface area contributed by atoms with Crippen LogP contribution in [0.3, 0.4) is 0 Å². The van der Waals surface area contributed by atoms with E-state index < -0.39 is 17.9 Å². The van der Waals surface area contributed by atoms with Gasteiger partial charge in [-0.25, -0.2) is 4.39 Å². The third kappa shape index (κ3) is 1.97. The van der Waals surface area contributed by atoms with Gasteiger partial charge in [0.2, 0.25) is 5.67 Å². The average molecular weight is 274 g/mol. The fourth-order valence-corrected chi connectivity index (χ4v) is 2.50. The molecule has 0 saturated carbocycles. The van der Waals surface area contributed by atoms with Gasteiger partial charge in [-0.2, -0.15) is 0 Å². The fourth-order valence-electron chi connectivity index (χ4n) is 2.50. The zero-order valence-electron chi connectivity index (χ0n) is 10.7. The molecule has 4 heteroatoms. The Bertz CT molecular complexity index is 602. The number of alkyl halides is 1. The third-order valence-corrected chi connectivity index (χ3v) is 3.69. The summed E-state index contributed by atoms with van der Waals surface area (Å²) in [6, 6.07) is 15.2. The number of para-hydroxylation sites is 1. The van der Waals surface area contributed by atoms with Crippen LogP contribution in [-0.2, 0) is 0 Å². The van der Waals surface area contributed by atoms with Gasteiger partial charge in [-0.05, 0) is 11.6 Å². The molecule has 0 saturated heterocycles. The average Bonchev–Trinajstić information content (AvgIpc) is 2.51. The number of aliphatic hydroxyl groups is 2. The van der Waals surface area contributed by atoms with Gasteiger partial charge in [0.05, 0.1) is 0 Å². The first-order valence-electron chi connectivity index (χ1n) is 6.44. The lowest BCUT2D eigenvalue weighted by Crippen LogP contribution is -2.46. The van der Waals surface area contributed by atoms with Crippen molar-refractivity contribution < 1.29 is 19.3 Å². The second kappa shape index (κ2) is 4.89. The second-order valence-electron chi connectivity index (χ2n) is 4.97. The molecule has 1 unspecified atom stereocenters. The standard InChI is InChI=1S/C16H15FO3/c17-16(14(18)11-6-2-1-3-7-11)10-20-13-9-5-4-8-12(13)15(16)19/h1-9,14-15,18-19H,10H2/t14-,15-,16?/m0/s1. The molecule has 104 valence electrons. The smallest absolute Gasteiger partial charge is 0.204 e. The van der Waals surface area contributed by atoms with Crippen LogP contribution in [0.5, 0.6) is 5.75 Å². The molecule has 0 aliphatic carbocycles. The molecule has 2 N–H and O–H groups in total. The molecule has 3 nitrogen and oxygen atoms in total. The second-order valence-corrected chi connectivity index (χ2v) is 4.97. The predicted molar refractivity (Wildman–Crippen MR) is 72.1 cm³/mol. The van der Waals surface area contributed by atoms with Crippen molar-refractivity contribution in [3.63, 3.8) is 0 Å². The summed E-state index contributed by atoms with van der Waals surface area (Å²) in [4.78, 5) is 0. The molecule has 2 aromatic carbocycles. The normalized spacial score (nSPS) is 26.4. The molecule has 0 amide bonds. The Kier molecular flexibility index (Phi) is 3.20. The van der Waals surface area contributed by atoms with Gasteiger partial charge >= 0.3 is 0 Å². The number of fused-ring (bicyclic) bond motifs is 1. The van der Waals surface area contributed by atoms with Crippen LogP contribution in [0.4, 0.5) is 4.39 Å². The van der Waals surface area contributed by atoms with Crippen molar-refractivity contribution in [3.05, 3.63) is 65.7 Å². The summed E-state index contributed by atoms with van der Waals surface area (Å²) in [6.45, 7) is -0.388. The van der Waals surface area contributed by atoms with Gasteiger partial charge in [0.1, 0.15) is 24.6 Å². The number of ether oxygens (including phenoxy) is 1. The van der Waals surface area contributed by atoms with E-state index in [-0.39, 0.29) is 6.61 Å². The van der Waals surface area contributed by atoms with Gasteiger partial charge in [0.25, 0.3) is 0 Å². The highest BCUT2D eigenvalue weighted by Gasteiger charge is 2.50. The Morgan fingerprint density at radius 1 is 1.10 bits per heavy atom. The molecule has 1 heterocycles. The molecular weight excluding hydrogens is 259 g/mol. The third-order valence-electron chi connectivity index (χ3n) is 3.69. The molecule has 0 radical (unpaired) electrons. The van der Waals surface area contributed by atoms with Crippen molar-refractivity contribution in [2.75, 3.05) is 6.61 Å². The van der Waals surface area contributed by atoms with Gasteiger partial charge in [-0.15, -0.1) is 0 Å². The molecular formula is C16H15FO3. The van der Waals surface area contributed by atoms with Crippen LogP contribution in [0.2, 0.25) is 0 Å². The highest BCUT2D eigenvalue weighted by Crippen LogP contribution is 2.46. The number of benzene rings is 2. The SMILES string of the molecule is O[C@@H](c1ccccc1)C1(F)COc2ccccc2[C@@H]1O. The lowest BCUT2D eigenvalue weighted by molar-refractivity contribution is -0.129. The summed E-state index contributed by atoms with van der Waals surface area (Å²) in [5, 5.41) is 20.6. The maximum atomic E-state index is 15.1. The molecule has 1 aliphatic heterocycles. The first-order chi connectivity index (χ1) is 9.63. The largest absolute Gasteiger partial charge is 0.490 e. The lowest BCUT2D eigenvalue weighted by atomic mass is 9.83. The number of hydrogen-bond acceptors (Lipinski definition) is 3. The molecule has 0 fully saturated rings. The lowest BCUT2D eigenvalue weighted by Gasteiger charge is -2.38. The van der Waals surface area contributed by atoms with Crippen LogP contribution in [0.25, 0.3) is 0 Å². The van der Waals surface area contributed by atoms with Crippen molar-refractivity contribution in [1.82, 2.24) is 0 Å². The van der Waals surface area contributed by atoms with E-state index in [0.717, 1.165) is 0 Å². The highest BCUT2D eigenvalue weighted by molar-refractivity contribution is 5.40. The number of halogens is 1. The maximum absolute atomic E-state index is 15.1. The van der Waals surface area contributed by atoms with Crippen molar-refractivity contribution >= 4 is 0 Å². The number of hydrogen-bond donors (Lipinski definition) is 2. The van der Waals surface area contributed by atoms with Crippen LogP contribution in [0, 0.1) is 0 Å². The maximum Gasteiger partial charge on any atom is 0.204 e. The summed E-state index contributed by atoms with van der Waals surface area (Å²) >= 11 is 0. The summed E-state index contributed by atoms with van der Waals surface area (Å²) in [7, 11) is 0. The van der Waals surface area contributed by atoms with Crippen LogP contribution >= 0.6 is 0 Å². The van der Waals surface area contributed by atoms with Crippen molar-refractivity contribution in [3.8, 4) is 5.75 Å². The Labute approximate surface area is 116 Å². The minimum Gasteiger partial charge on any atom is -0.490 e. The molecule has 0 spiro atoms. The summed E-state index contributed by atoms with van der Waals surface area (Å²) in [6.07, 6.45) is -2.88. The van der Waals surface area contributed by atoms with Crippen LogP contribution in [-0.4, -0.2) is 22.5 Å². The van der Waals surface area contributed by atoms with Crippen molar-refractivity contribution in [1.29, 1.82) is 0 Å². The Morgan fingerprint density at radius 2 is 1.75 bits per heavy atom. The Morgan fingerprint density at radius 3 is 2.50 bits per heavy atom.